The molecule has 0 amide bonds. The van der Waals surface area contributed by atoms with Gasteiger partial charge in [-0.1, -0.05) is 0 Å². The molecule has 0 saturated heterocycles. The van der Waals surface area contributed by atoms with Gasteiger partial charge in [-0.15, -0.1) is 0 Å². The summed E-state index contributed by atoms with van der Waals surface area (Å²) >= 11 is 0. The van der Waals surface area contributed by atoms with Gasteiger partial charge in [0, 0.05) is 0 Å². The van der Waals surface area contributed by atoms with Gasteiger partial charge in [-0.3, -0.25) is 0 Å². The van der Waals surface area contributed by atoms with Crippen molar-refractivity contribution in [2.45, 2.75) is 0 Å². The van der Waals surface area contributed by atoms with Crippen molar-refractivity contribution in [1.29, 1.82) is 0 Å². The molecule has 0 aliphatic carbocycles. The normalized spacial score (nSPS) is 21.3. The van der Waals surface area contributed by atoms with E-state index in [1.165, 1.54) is 0 Å². The van der Waals surface area contributed by atoms with Crippen LogP contribution in [0.3, 0.4) is 0 Å². The Hall–Kier alpha value is 0.270. The van der Waals surface area contributed by atoms with Gasteiger partial charge in [-0.05, 0) is 0 Å². The molecule has 0 saturated carbocycles. The molecule has 1 nitrogen and oxygen atoms in total. The van der Waals surface area contributed by atoms with Crippen LogP contribution in [0.4, 0.5) is 0 Å². The van der Waals surface area contributed by atoms with Crippen LogP contribution in [0.2, 0.25) is 0 Å². The number of hydrogen-bond acceptors (Lipinski definition) is 1. The van der Waals surface area contributed by atoms with E-state index in [4.69, 9.17) is 0 Å². The topological polar surface area (TPSA) is 12.4 Å². The number of nitrogens with zero attached hydrogens (tertiary/aromatic N) is 1. The Labute approximate surface area is 39.7 Å². The van der Waals surface area contributed by atoms with E-state index in [1.807, 2.05) is 11.9 Å². The summed E-state index contributed by atoms with van der Waals surface area (Å²) in [6.07, 6.45) is 0. The molecule has 0 aromatic rings. The summed E-state index contributed by atoms with van der Waals surface area (Å²) in [4.78, 5) is 3.86. The second-order valence-electron chi connectivity index (χ2n) is 0.779. The Balaban J connectivity index is 2.78. The van der Waals surface area contributed by atoms with Crippen molar-refractivity contribution in [1.82, 2.24) is 0 Å². The molecule has 1 rings (SSSR count). The van der Waals surface area contributed by atoms with E-state index < -0.39 is 0 Å². The molecule has 30 valence electrons. The zero-order chi connectivity index (χ0) is 4.24. The fraction of sp³-hybridized carbons (Fsp3) is 0. The van der Waals surface area contributed by atoms with Crippen LogP contribution in [0, 0.1) is 0 Å². The summed E-state index contributed by atoms with van der Waals surface area (Å²) in [7, 11) is 1.85. The predicted molar refractivity (Wildman–Crippen MR) is 34.8 cm³/mol. The van der Waals surface area contributed by atoms with Crippen LogP contribution < -0.4 is 0 Å². The summed E-state index contributed by atoms with van der Waals surface area (Å²) in [6.45, 7) is 0. The van der Waals surface area contributed by atoms with Crippen LogP contribution in [-0.4, -0.2) is 17.4 Å². The maximum atomic E-state index is 3.86. The first-order valence-electron chi connectivity index (χ1n) is 1.54. The zero-order valence-electron chi connectivity index (χ0n) is 3.05. The first-order valence-corrected chi connectivity index (χ1v) is 3.58. The average molecular weight is 115 g/mol. The van der Waals surface area contributed by atoms with Crippen LogP contribution in [0.15, 0.2) is 4.99 Å². The predicted octanol–water partition coefficient (Wildman–Crippen LogP) is 1.05. The van der Waals surface area contributed by atoms with Gasteiger partial charge in [0.2, 0.25) is 0 Å². The molecule has 0 radical (unpaired) electrons. The molecular weight excluding hydrogens is 112 g/mol. The maximum absolute atomic E-state index is 3.86. The van der Waals surface area contributed by atoms with Gasteiger partial charge in [-0.2, -0.15) is 0 Å². The molecular formula is C3H3NP2. The van der Waals surface area contributed by atoms with Crippen LogP contribution in [-0.2, 0) is 0 Å². The van der Waals surface area contributed by atoms with E-state index in [9.17, 15) is 0 Å². The van der Waals surface area contributed by atoms with Crippen LogP contribution >= 0.6 is 16.4 Å². The first-order chi connectivity index (χ1) is 3.00. The third kappa shape index (κ3) is 1.16. The molecule has 0 bridgehead atoms. The third-order valence-corrected chi connectivity index (χ3v) is 1.95. The number of aliphatic imine (C=N–C) groups is 1. The van der Waals surface area contributed by atoms with Crippen molar-refractivity contribution in [2.75, 3.05) is 0 Å². The molecule has 0 aromatic carbocycles. The van der Waals surface area contributed by atoms with E-state index in [0.717, 1.165) is 7.83 Å². The van der Waals surface area contributed by atoms with E-state index in [0.29, 0.717) is 8.58 Å². The van der Waals surface area contributed by atoms with Crippen molar-refractivity contribution < 1.29 is 0 Å². The number of rotatable bonds is 0. The molecule has 1 heterocycles. The summed E-state index contributed by atoms with van der Waals surface area (Å²) in [6, 6.07) is 0. The van der Waals surface area contributed by atoms with Crippen LogP contribution in [0.1, 0.15) is 0 Å². The second-order valence-corrected chi connectivity index (χ2v) is 2.71. The summed E-state index contributed by atoms with van der Waals surface area (Å²) < 4.78 is 0. The van der Waals surface area contributed by atoms with Gasteiger partial charge in [0.05, 0.1) is 0 Å². The Morgan fingerprint density at radius 3 is 3.00 bits per heavy atom. The first kappa shape index (κ1) is 4.43. The Morgan fingerprint density at radius 2 is 2.83 bits per heavy atom. The molecule has 0 spiro atoms. The quantitative estimate of drug-likeness (QED) is 0.330. The van der Waals surface area contributed by atoms with Crippen LogP contribution in [0.25, 0.3) is 0 Å². The van der Waals surface area contributed by atoms with E-state index in [-0.39, 0.29) is 0 Å². The zero-order valence-corrected chi connectivity index (χ0v) is 4.94. The molecule has 0 aromatic heterocycles. The van der Waals surface area contributed by atoms with Gasteiger partial charge >= 0.3 is 38.8 Å². The van der Waals surface area contributed by atoms with Crippen molar-refractivity contribution in [3.8, 4) is 0 Å². The Bertz CT molecular complexity index is 121. The molecule has 1 aliphatic rings. The van der Waals surface area contributed by atoms with Gasteiger partial charge in [0.1, 0.15) is 0 Å². The fourth-order valence-electron chi connectivity index (χ4n) is 0.199. The molecule has 1 unspecified atom stereocenters. The van der Waals surface area contributed by atoms with Crippen molar-refractivity contribution in [2.24, 2.45) is 4.99 Å². The van der Waals surface area contributed by atoms with Gasteiger partial charge < -0.3 is 0 Å². The monoisotopic (exact) mass is 115 g/mol. The Morgan fingerprint density at radius 1 is 1.83 bits per heavy atom. The van der Waals surface area contributed by atoms with Crippen molar-refractivity contribution >= 4 is 33.8 Å². The molecule has 1 atom stereocenters. The SMILES string of the molecule is [C-]1=[P+]=CN=CP1. The summed E-state index contributed by atoms with van der Waals surface area (Å²) in [5.41, 5.74) is 3.08. The Kier molecular flexibility index (Phi) is 1.80. The second kappa shape index (κ2) is 2.44. The standard InChI is InChI=1S/C3H3NP2/c1-4-2-6-3-5-1/h1-2,5H. The fourth-order valence-corrected chi connectivity index (χ4v) is 1.37. The van der Waals surface area contributed by atoms with E-state index in [1.54, 1.807) is 0 Å². The molecule has 6 heavy (non-hydrogen) atoms. The molecule has 1 aliphatic heterocycles. The average Bonchev–Trinajstić information content (AvgIpc) is 1.72. The van der Waals surface area contributed by atoms with Crippen molar-refractivity contribution in [3.63, 3.8) is 0 Å². The van der Waals surface area contributed by atoms with Crippen molar-refractivity contribution in [3.05, 3.63) is 0 Å². The minimum absolute atomic E-state index is 0.716. The molecule has 0 N–H and O–H groups in total. The van der Waals surface area contributed by atoms with Crippen LogP contribution in [0.5, 0.6) is 0 Å². The van der Waals surface area contributed by atoms with Gasteiger partial charge in [-0.25, -0.2) is 0 Å². The number of hydrogen-bond donors (Lipinski definition) is 0. The molecule has 3 heteroatoms. The third-order valence-electron chi connectivity index (χ3n) is 0.393. The summed E-state index contributed by atoms with van der Waals surface area (Å²) in [5, 5.41) is 0. The molecule has 0 fully saturated rings. The minimum atomic E-state index is 0.716. The van der Waals surface area contributed by atoms with Gasteiger partial charge in [0.15, 0.2) is 0 Å². The van der Waals surface area contributed by atoms with E-state index in [2.05, 4.69) is 10.5 Å². The summed E-state index contributed by atoms with van der Waals surface area (Å²) in [5.74, 6) is 3.70. The van der Waals surface area contributed by atoms with E-state index >= 15 is 0 Å². The van der Waals surface area contributed by atoms with Gasteiger partial charge in [0.25, 0.3) is 0 Å².